The van der Waals surface area contributed by atoms with Gasteiger partial charge < -0.3 is 19.6 Å². The maximum Gasteiger partial charge on any atom is 0.407 e. The van der Waals surface area contributed by atoms with E-state index >= 15 is 0 Å². The summed E-state index contributed by atoms with van der Waals surface area (Å²) in [7, 11) is 0. The topological polar surface area (TPSA) is 64.6 Å². The molecule has 132 valence electrons. The van der Waals surface area contributed by atoms with Crippen molar-refractivity contribution in [3.05, 3.63) is 29.1 Å². The number of rotatable bonds is 5. The Balaban J connectivity index is 1.90. The van der Waals surface area contributed by atoms with Gasteiger partial charge in [0.25, 0.3) is 0 Å². The Morgan fingerprint density at radius 3 is 2.75 bits per heavy atom. The molecule has 0 fully saturated rings. The van der Waals surface area contributed by atoms with Crippen molar-refractivity contribution in [2.24, 2.45) is 5.92 Å². The minimum atomic E-state index is -0.567. The van der Waals surface area contributed by atoms with Crippen LogP contribution in [0.5, 0.6) is 5.75 Å². The van der Waals surface area contributed by atoms with Crippen molar-refractivity contribution in [2.45, 2.75) is 52.2 Å². The van der Waals surface area contributed by atoms with E-state index in [1.54, 1.807) is 33.8 Å². The van der Waals surface area contributed by atoms with Crippen molar-refractivity contribution in [2.75, 3.05) is 6.61 Å². The van der Waals surface area contributed by atoms with Gasteiger partial charge in [-0.15, -0.1) is 0 Å². The van der Waals surface area contributed by atoms with Crippen molar-refractivity contribution < 1.29 is 23.5 Å². The first-order valence-electron chi connectivity index (χ1n) is 8.07. The Bertz CT molecular complexity index is 624. The summed E-state index contributed by atoms with van der Waals surface area (Å²) >= 11 is 0. The van der Waals surface area contributed by atoms with E-state index in [1.165, 1.54) is 6.07 Å². The number of fused-ring (bicyclic) bond motifs is 1. The van der Waals surface area contributed by atoms with Crippen molar-refractivity contribution >= 4 is 12.4 Å². The summed E-state index contributed by atoms with van der Waals surface area (Å²) in [6.07, 6.45) is 1.33. The fourth-order valence-electron chi connectivity index (χ4n) is 2.64. The van der Waals surface area contributed by atoms with Gasteiger partial charge in [-0.25, -0.2) is 9.18 Å². The largest absolute Gasteiger partial charge is 0.491 e. The Labute approximate surface area is 141 Å². The average Bonchev–Trinajstić information content (AvgIpc) is 2.86. The lowest BCUT2D eigenvalue weighted by Gasteiger charge is -2.22. The fourth-order valence-corrected chi connectivity index (χ4v) is 2.64. The number of carbonyl (C=O) groups is 2. The summed E-state index contributed by atoms with van der Waals surface area (Å²) in [6.45, 7) is 7.32. The monoisotopic (exact) mass is 337 g/mol. The maximum absolute atomic E-state index is 14.1. The molecule has 2 atom stereocenters. The summed E-state index contributed by atoms with van der Waals surface area (Å²) in [5.74, 6) is -0.104. The third-order valence-electron chi connectivity index (χ3n) is 3.67. The lowest BCUT2D eigenvalue weighted by molar-refractivity contribution is -0.110. The van der Waals surface area contributed by atoms with Gasteiger partial charge in [0.05, 0.1) is 6.04 Å². The molecule has 0 spiro atoms. The van der Waals surface area contributed by atoms with Crippen molar-refractivity contribution in [3.8, 4) is 5.75 Å². The highest BCUT2D eigenvalue weighted by atomic mass is 19.1. The molecule has 24 heavy (non-hydrogen) atoms. The Kier molecular flexibility index (Phi) is 5.47. The van der Waals surface area contributed by atoms with Gasteiger partial charge >= 0.3 is 6.09 Å². The second kappa shape index (κ2) is 7.20. The van der Waals surface area contributed by atoms with Crippen molar-refractivity contribution in [3.63, 3.8) is 0 Å². The smallest absolute Gasteiger partial charge is 0.407 e. The Hall–Kier alpha value is -2.11. The van der Waals surface area contributed by atoms with E-state index in [9.17, 15) is 14.0 Å². The van der Waals surface area contributed by atoms with E-state index in [0.717, 1.165) is 11.8 Å². The van der Waals surface area contributed by atoms with Crippen LogP contribution in [0, 0.1) is 11.7 Å². The molecule has 2 rings (SSSR count). The van der Waals surface area contributed by atoms with E-state index in [0.29, 0.717) is 24.2 Å². The highest BCUT2D eigenvalue weighted by Crippen LogP contribution is 2.31. The molecule has 1 aromatic rings. The van der Waals surface area contributed by atoms with Crippen LogP contribution in [0.25, 0.3) is 0 Å². The molecular weight excluding hydrogens is 313 g/mol. The summed E-state index contributed by atoms with van der Waals surface area (Å²) in [5, 5.41) is 2.66. The van der Waals surface area contributed by atoms with E-state index in [2.05, 4.69) is 5.32 Å². The molecule has 1 N–H and O–H groups in total. The van der Waals surface area contributed by atoms with Crippen LogP contribution < -0.4 is 10.1 Å². The van der Waals surface area contributed by atoms with Gasteiger partial charge in [0.2, 0.25) is 0 Å². The molecule has 1 aliphatic rings. The number of benzene rings is 1. The second-order valence-electron chi connectivity index (χ2n) is 7.21. The van der Waals surface area contributed by atoms with Crippen LogP contribution >= 0.6 is 0 Å². The quantitative estimate of drug-likeness (QED) is 0.839. The van der Waals surface area contributed by atoms with E-state index in [-0.39, 0.29) is 24.4 Å². The van der Waals surface area contributed by atoms with Gasteiger partial charge in [-0.3, -0.25) is 0 Å². The number of halogens is 1. The number of carbonyl (C=O) groups excluding carboxylic acids is 2. The van der Waals surface area contributed by atoms with Crippen LogP contribution in [0.4, 0.5) is 9.18 Å². The van der Waals surface area contributed by atoms with Crippen LogP contribution in [0.3, 0.4) is 0 Å². The predicted octanol–water partition coefficient (Wildman–Crippen LogP) is 3.03. The highest BCUT2D eigenvalue weighted by Gasteiger charge is 2.25. The summed E-state index contributed by atoms with van der Waals surface area (Å²) in [4.78, 5) is 22.6. The summed E-state index contributed by atoms with van der Waals surface area (Å²) in [6, 6.07) is 2.80. The normalized spacial score (nSPS) is 17.8. The molecular formula is C18H24FNO4. The molecule has 0 radical (unpaired) electrons. The standard InChI is InChI=1S/C18H24FNO4/c1-11(20-17(22)24-18(2,3)4)10-23-14-7-13-5-12(9-21)6-15(13)16(19)8-14/h7-9,11-12H,5-6,10H2,1-4H3,(H,20,22). The molecule has 0 heterocycles. The number of hydrogen-bond donors (Lipinski definition) is 1. The summed E-state index contributed by atoms with van der Waals surface area (Å²) < 4.78 is 24.8. The zero-order valence-electron chi connectivity index (χ0n) is 14.5. The number of nitrogens with one attached hydrogen (secondary N) is 1. The molecule has 1 aromatic carbocycles. The molecule has 0 saturated heterocycles. The minimum Gasteiger partial charge on any atom is -0.491 e. The molecule has 0 bridgehead atoms. The zero-order valence-corrected chi connectivity index (χ0v) is 14.5. The van der Waals surface area contributed by atoms with Gasteiger partial charge in [-0.1, -0.05) is 0 Å². The van der Waals surface area contributed by atoms with E-state index < -0.39 is 11.7 Å². The molecule has 0 aromatic heterocycles. The molecule has 6 heteroatoms. The first-order chi connectivity index (χ1) is 11.2. The zero-order chi connectivity index (χ0) is 17.9. The SMILES string of the molecule is CC(COc1cc(F)c2c(c1)CC(C=O)C2)NC(=O)OC(C)(C)C. The third-order valence-corrected chi connectivity index (χ3v) is 3.67. The number of aldehydes is 1. The van der Waals surface area contributed by atoms with Crippen LogP contribution in [0.1, 0.15) is 38.8 Å². The van der Waals surface area contributed by atoms with Gasteiger partial charge in [-0.2, -0.15) is 0 Å². The Morgan fingerprint density at radius 2 is 2.12 bits per heavy atom. The molecule has 2 unspecified atom stereocenters. The molecule has 0 aliphatic heterocycles. The minimum absolute atomic E-state index is 0.155. The number of hydrogen-bond acceptors (Lipinski definition) is 4. The second-order valence-corrected chi connectivity index (χ2v) is 7.21. The lowest BCUT2D eigenvalue weighted by Crippen LogP contribution is -2.40. The number of ether oxygens (including phenoxy) is 2. The van der Waals surface area contributed by atoms with Gasteiger partial charge in [-0.05, 0) is 57.7 Å². The van der Waals surface area contributed by atoms with Gasteiger partial charge in [0.1, 0.15) is 30.1 Å². The maximum atomic E-state index is 14.1. The molecule has 0 saturated carbocycles. The third kappa shape index (κ3) is 4.94. The van der Waals surface area contributed by atoms with Crippen LogP contribution in [-0.4, -0.2) is 30.6 Å². The first kappa shape index (κ1) is 18.2. The Morgan fingerprint density at radius 1 is 1.42 bits per heavy atom. The first-order valence-corrected chi connectivity index (χ1v) is 8.07. The van der Waals surface area contributed by atoms with Gasteiger partial charge in [0, 0.05) is 12.0 Å². The van der Waals surface area contributed by atoms with Gasteiger partial charge in [0.15, 0.2) is 0 Å². The summed E-state index contributed by atoms with van der Waals surface area (Å²) in [5.41, 5.74) is 0.845. The molecule has 1 amide bonds. The number of amides is 1. The van der Waals surface area contributed by atoms with Crippen LogP contribution in [-0.2, 0) is 22.4 Å². The molecule has 1 aliphatic carbocycles. The van der Waals surface area contributed by atoms with E-state index in [1.807, 2.05) is 0 Å². The van der Waals surface area contributed by atoms with E-state index in [4.69, 9.17) is 9.47 Å². The average molecular weight is 337 g/mol. The fraction of sp³-hybridized carbons (Fsp3) is 0.556. The highest BCUT2D eigenvalue weighted by molar-refractivity contribution is 5.68. The van der Waals surface area contributed by atoms with Crippen LogP contribution in [0.15, 0.2) is 12.1 Å². The van der Waals surface area contributed by atoms with Crippen molar-refractivity contribution in [1.29, 1.82) is 0 Å². The lowest BCUT2D eigenvalue weighted by atomic mass is 10.1. The number of alkyl carbamates (subject to hydrolysis) is 1. The van der Waals surface area contributed by atoms with Crippen molar-refractivity contribution in [1.82, 2.24) is 5.32 Å². The molecule has 5 nitrogen and oxygen atoms in total. The van der Waals surface area contributed by atoms with Crippen LogP contribution in [0.2, 0.25) is 0 Å². The predicted molar refractivity (Wildman–Crippen MR) is 87.7 cm³/mol.